The van der Waals surface area contributed by atoms with Gasteiger partial charge in [-0.25, -0.2) is 14.7 Å². The van der Waals surface area contributed by atoms with Gasteiger partial charge in [0.15, 0.2) is 0 Å². The molecular formula is C39H55Br2N7O7. The molecule has 4 aliphatic heterocycles. The zero-order valence-corrected chi connectivity index (χ0v) is 35.5. The molecule has 0 spiro atoms. The molecule has 0 bridgehead atoms. The molecule has 0 aliphatic carbocycles. The Kier molecular flexibility index (Phi) is 15.6. The van der Waals surface area contributed by atoms with Gasteiger partial charge in [-0.1, -0.05) is 25.1 Å². The summed E-state index contributed by atoms with van der Waals surface area (Å²) in [6, 6.07) is 12.3. The number of ether oxygens (including phenoxy) is 1. The van der Waals surface area contributed by atoms with Crippen LogP contribution in [0.1, 0.15) is 43.7 Å². The van der Waals surface area contributed by atoms with Crippen molar-refractivity contribution in [2.45, 2.75) is 57.5 Å². The number of fused-ring (bicyclic) bond motifs is 1. The number of benzene rings is 2. The molecule has 16 heteroatoms. The van der Waals surface area contributed by atoms with E-state index in [9.17, 15) is 24.3 Å². The Hall–Kier alpha value is -3.44. The second kappa shape index (κ2) is 20.1. The number of nitrogens with zero attached hydrogens (tertiary/aromatic N) is 6. The number of piperazine rings is 1. The van der Waals surface area contributed by atoms with Gasteiger partial charge in [0.1, 0.15) is 5.75 Å². The summed E-state index contributed by atoms with van der Waals surface area (Å²) < 4.78 is 6.00. The highest BCUT2D eigenvalue weighted by Gasteiger charge is 2.33. The van der Waals surface area contributed by atoms with Crippen molar-refractivity contribution in [1.29, 1.82) is 0 Å². The lowest BCUT2D eigenvalue weighted by Crippen LogP contribution is -2.55. The van der Waals surface area contributed by atoms with Crippen molar-refractivity contribution in [2.75, 3.05) is 92.0 Å². The molecule has 2 N–H and O–H groups in total. The van der Waals surface area contributed by atoms with Gasteiger partial charge in [-0.05, 0) is 99.7 Å². The number of hydrogen-bond acceptors (Lipinski definition) is 9. The number of amides is 5. The third-order valence-corrected chi connectivity index (χ3v) is 12.4. The minimum absolute atomic E-state index is 0.0288. The Labute approximate surface area is 341 Å². The van der Waals surface area contributed by atoms with Gasteiger partial charge in [0.2, 0.25) is 5.91 Å². The van der Waals surface area contributed by atoms with Crippen molar-refractivity contribution in [3.05, 3.63) is 56.5 Å². The number of carbonyl (C=O) groups excluding carboxylic acids is 4. The van der Waals surface area contributed by atoms with Crippen LogP contribution in [0.5, 0.6) is 5.75 Å². The maximum absolute atomic E-state index is 13.0. The SMILES string of the molecule is COC(=O)N1CCC(N2CCc3ccccc3NC2=O)CC1.CON(C)C(=O)CN1CCN(C2CCN(C(=O)[C@H](C)Cc3cc(Br)c(O)c(Br)c3)CC2)CC1. The molecule has 302 valence electrons. The number of carbonyl (C=O) groups is 4. The smallest absolute Gasteiger partial charge is 0.409 e. The normalized spacial score (nSPS) is 19.4. The van der Waals surface area contributed by atoms with E-state index in [2.05, 4.69) is 53.0 Å². The predicted octanol–water partition coefficient (Wildman–Crippen LogP) is 5.03. The first-order valence-electron chi connectivity index (χ1n) is 19.1. The Morgan fingerprint density at radius 2 is 1.49 bits per heavy atom. The van der Waals surface area contributed by atoms with Gasteiger partial charge in [-0.15, -0.1) is 0 Å². The van der Waals surface area contributed by atoms with Gasteiger partial charge in [0.25, 0.3) is 5.91 Å². The van der Waals surface area contributed by atoms with E-state index < -0.39 is 0 Å². The fourth-order valence-corrected chi connectivity index (χ4v) is 9.13. The summed E-state index contributed by atoms with van der Waals surface area (Å²) in [4.78, 5) is 64.3. The maximum atomic E-state index is 13.0. The molecule has 3 saturated heterocycles. The molecule has 14 nitrogen and oxygen atoms in total. The van der Waals surface area contributed by atoms with E-state index in [4.69, 9.17) is 9.57 Å². The van der Waals surface area contributed by atoms with Crippen LogP contribution in [-0.2, 0) is 32.0 Å². The van der Waals surface area contributed by atoms with Gasteiger partial charge in [0.05, 0.1) is 29.7 Å². The molecule has 5 amide bonds. The lowest BCUT2D eigenvalue weighted by atomic mass is 9.97. The average molecular weight is 894 g/mol. The van der Waals surface area contributed by atoms with Crippen LogP contribution in [0.15, 0.2) is 45.3 Å². The molecule has 3 fully saturated rings. The van der Waals surface area contributed by atoms with Crippen LogP contribution in [0.2, 0.25) is 0 Å². The molecule has 2 aromatic rings. The van der Waals surface area contributed by atoms with Crippen molar-refractivity contribution in [3.8, 4) is 5.75 Å². The Morgan fingerprint density at radius 1 is 0.891 bits per heavy atom. The van der Waals surface area contributed by atoms with E-state index in [1.165, 1.54) is 24.8 Å². The van der Waals surface area contributed by atoms with Crippen LogP contribution in [0.25, 0.3) is 0 Å². The van der Waals surface area contributed by atoms with Gasteiger partial charge in [-0.2, -0.15) is 0 Å². The van der Waals surface area contributed by atoms with E-state index in [0.717, 1.165) is 82.6 Å². The molecule has 0 saturated carbocycles. The summed E-state index contributed by atoms with van der Waals surface area (Å²) in [6.45, 7) is 9.56. The van der Waals surface area contributed by atoms with Crippen LogP contribution in [0.4, 0.5) is 15.3 Å². The number of hydroxylamine groups is 2. The predicted molar refractivity (Wildman–Crippen MR) is 217 cm³/mol. The Balaban J connectivity index is 0.000000228. The average Bonchev–Trinajstić information content (AvgIpc) is 3.37. The van der Waals surface area contributed by atoms with E-state index in [0.29, 0.717) is 47.6 Å². The summed E-state index contributed by atoms with van der Waals surface area (Å²) in [5, 5.41) is 14.2. The summed E-state index contributed by atoms with van der Waals surface area (Å²) >= 11 is 6.72. The number of methoxy groups -OCH3 is 1. The molecular weight excluding hydrogens is 838 g/mol. The summed E-state index contributed by atoms with van der Waals surface area (Å²) in [6.07, 6.45) is 4.75. The highest BCUT2D eigenvalue weighted by Crippen LogP contribution is 2.34. The number of likely N-dealkylation sites (N-methyl/N-ethyl adjacent to an activating group) is 1. The van der Waals surface area contributed by atoms with Gasteiger partial charge in [0, 0.05) is 89.6 Å². The van der Waals surface area contributed by atoms with Gasteiger partial charge in [-0.3, -0.25) is 24.2 Å². The molecule has 1 atom stereocenters. The molecule has 0 unspecified atom stereocenters. The van der Waals surface area contributed by atoms with Crippen LogP contribution in [0.3, 0.4) is 0 Å². The number of halogens is 2. The number of anilines is 1. The fraction of sp³-hybridized carbons (Fsp3) is 0.590. The number of phenolic OH excluding ortho intramolecular Hbond substituents is 1. The molecule has 2 aromatic carbocycles. The van der Waals surface area contributed by atoms with Crippen molar-refractivity contribution < 1.29 is 33.9 Å². The number of piperidine rings is 2. The highest BCUT2D eigenvalue weighted by atomic mass is 79.9. The fourth-order valence-electron chi connectivity index (χ4n) is 7.85. The first-order valence-corrected chi connectivity index (χ1v) is 20.7. The zero-order valence-electron chi connectivity index (χ0n) is 32.3. The van der Waals surface area contributed by atoms with E-state index in [1.807, 2.05) is 47.1 Å². The van der Waals surface area contributed by atoms with Gasteiger partial charge >= 0.3 is 12.1 Å². The largest absolute Gasteiger partial charge is 0.506 e. The van der Waals surface area contributed by atoms with Crippen molar-refractivity contribution in [1.82, 2.24) is 29.6 Å². The van der Waals surface area contributed by atoms with Crippen molar-refractivity contribution >= 4 is 61.5 Å². The summed E-state index contributed by atoms with van der Waals surface area (Å²) in [5.74, 6) is 0.226. The lowest BCUT2D eigenvalue weighted by molar-refractivity contribution is -0.170. The van der Waals surface area contributed by atoms with Crippen LogP contribution in [0, 0.1) is 5.92 Å². The Bertz CT molecular complexity index is 1620. The molecule has 4 aliphatic rings. The number of hydrogen-bond donors (Lipinski definition) is 2. The number of likely N-dealkylation sites (tertiary alicyclic amines) is 2. The minimum Gasteiger partial charge on any atom is -0.506 e. The third kappa shape index (κ3) is 11.3. The molecule has 0 radical (unpaired) electrons. The number of aromatic hydroxyl groups is 1. The quantitative estimate of drug-likeness (QED) is 0.350. The molecule has 6 rings (SSSR count). The summed E-state index contributed by atoms with van der Waals surface area (Å²) in [7, 11) is 4.53. The topological polar surface area (TPSA) is 138 Å². The first-order chi connectivity index (χ1) is 26.4. The molecule has 4 heterocycles. The standard InChI is InChI=1S/C23H34Br2N4O4.C16H21N3O3/c1-16(12-17-13-19(24)22(31)20(25)14-17)23(32)29-6-4-18(5-7-29)28-10-8-27(9-11-28)15-21(30)26(2)33-3;1-22-16(21)18-9-7-13(8-10-18)19-11-6-12-4-2-3-5-14(12)17-15(19)20/h13-14,16,18,31H,4-12,15H2,1-3H3;2-5,13H,6-11H2,1H3,(H,17,20)/t16-;/m1./s1. The van der Waals surface area contributed by atoms with Crippen LogP contribution in [-0.4, -0.2) is 157 Å². The van der Waals surface area contributed by atoms with E-state index >= 15 is 0 Å². The summed E-state index contributed by atoms with van der Waals surface area (Å²) in [5.41, 5.74) is 3.09. The Morgan fingerprint density at radius 3 is 2.11 bits per heavy atom. The number of rotatable bonds is 8. The zero-order chi connectivity index (χ0) is 39.6. The van der Waals surface area contributed by atoms with E-state index in [-0.39, 0.29) is 41.6 Å². The minimum atomic E-state index is -0.286. The second-order valence-corrected chi connectivity index (χ2v) is 16.4. The molecule has 0 aromatic heterocycles. The van der Waals surface area contributed by atoms with E-state index in [1.54, 1.807) is 11.9 Å². The highest BCUT2D eigenvalue weighted by molar-refractivity contribution is 9.11. The monoisotopic (exact) mass is 891 g/mol. The van der Waals surface area contributed by atoms with Gasteiger partial charge < -0.3 is 29.9 Å². The van der Waals surface area contributed by atoms with Crippen molar-refractivity contribution in [3.63, 3.8) is 0 Å². The number of nitrogens with one attached hydrogen (secondary N) is 1. The lowest BCUT2D eigenvalue weighted by Gasteiger charge is -2.43. The van der Waals surface area contributed by atoms with Crippen LogP contribution >= 0.6 is 31.9 Å². The first kappa shape index (κ1) is 42.7. The number of para-hydroxylation sites is 1. The maximum Gasteiger partial charge on any atom is 0.409 e. The third-order valence-electron chi connectivity index (χ3n) is 11.2. The number of urea groups is 1. The molecule has 55 heavy (non-hydrogen) atoms. The van der Waals surface area contributed by atoms with Crippen molar-refractivity contribution in [2.24, 2.45) is 5.92 Å². The number of phenols is 1. The van der Waals surface area contributed by atoms with Crippen LogP contribution < -0.4 is 5.32 Å². The second-order valence-electron chi connectivity index (χ2n) is 14.7.